The number of rotatable bonds is 5. The van der Waals surface area contributed by atoms with E-state index in [1.807, 2.05) is 13.0 Å². The van der Waals surface area contributed by atoms with Crippen molar-refractivity contribution >= 4 is 12.0 Å². The molecule has 7 nitrogen and oxygen atoms in total. The Labute approximate surface area is 158 Å². The lowest BCUT2D eigenvalue weighted by molar-refractivity contribution is 0.0519. The first-order valence-corrected chi connectivity index (χ1v) is 8.68. The molecule has 0 fully saturated rings. The molecule has 2 rings (SSSR count). The molecule has 1 heterocycles. The van der Waals surface area contributed by atoms with Crippen molar-refractivity contribution in [1.82, 2.24) is 10.2 Å². The van der Waals surface area contributed by atoms with Gasteiger partial charge in [-0.2, -0.15) is 0 Å². The largest absolute Gasteiger partial charge is 0.508 e. The lowest BCUT2D eigenvalue weighted by atomic mass is 10.1. The average molecular weight is 374 g/mol. The van der Waals surface area contributed by atoms with Gasteiger partial charge in [0, 0.05) is 7.05 Å². The number of carbonyl (C=O) groups excluding carboxylic acids is 2. The summed E-state index contributed by atoms with van der Waals surface area (Å²) in [6, 6.07) is 9.72. The van der Waals surface area contributed by atoms with Gasteiger partial charge in [0.15, 0.2) is 5.76 Å². The van der Waals surface area contributed by atoms with E-state index in [9.17, 15) is 14.7 Å². The highest BCUT2D eigenvalue weighted by atomic mass is 16.6. The number of hydrogen-bond donors (Lipinski definition) is 2. The normalized spacial score (nSPS) is 12.3. The Kier molecular flexibility index (Phi) is 6.15. The predicted molar refractivity (Wildman–Crippen MR) is 100 cm³/mol. The zero-order valence-electron chi connectivity index (χ0n) is 16.3. The van der Waals surface area contributed by atoms with E-state index in [1.165, 1.54) is 4.90 Å². The van der Waals surface area contributed by atoms with Crippen molar-refractivity contribution in [2.75, 3.05) is 7.05 Å². The molecule has 0 saturated heterocycles. The Morgan fingerprint density at radius 3 is 2.59 bits per heavy atom. The van der Waals surface area contributed by atoms with Crippen LogP contribution in [0, 0.1) is 0 Å². The third-order valence-electron chi connectivity index (χ3n) is 3.93. The standard InChI is InChI=1S/C20H26N2O5/c1-13(14-7-6-8-15(23)11-14)22(5)18(24)17-10-9-16(26-17)12-21-19(25)27-20(2,3)4/h6-11,13,23H,12H2,1-5H3,(H,21,25)/t13-/m1/s1. The molecule has 0 bridgehead atoms. The fourth-order valence-electron chi connectivity index (χ4n) is 2.42. The maximum Gasteiger partial charge on any atom is 0.408 e. The Hall–Kier alpha value is -2.96. The van der Waals surface area contributed by atoms with Gasteiger partial charge in [-0.05, 0) is 57.5 Å². The van der Waals surface area contributed by atoms with Crippen LogP contribution in [0.1, 0.15) is 55.6 Å². The number of phenolic OH excluding ortho intramolecular Hbond substituents is 1. The molecule has 1 aromatic carbocycles. The van der Waals surface area contributed by atoms with Crippen LogP contribution in [0.5, 0.6) is 5.75 Å². The summed E-state index contributed by atoms with van der Waals surface area (Å²) in [5, 5.41) is 12.2. The summed E-state index contributed by atoms with van der Waals surface area (Å²) in [7, 11) is 1.66. The molecule has 0 saturated carbocycles. The van der Waals surface area contributed by atoms with E-state index in [2.05, 4.69) is 5.32 Å². The maximum absolute atomic E-state index is 12.6. The van der Waals surface area contributed by atoms with Crippen molar-refractivity contribution in [2.24, 2.45) is 0 Å². The van der Waals surface area contributed by atoms with Crippen LogP contribution in [-0.2, 0) is 11.3 Å². The molecule has 2 amide bonds. The molecule has 1 aromatic heterocycles. The molecular weight excluding hydrogens is 348 g/mol. The number of nitrogens with zero attached hydrogens (tertiary/aromatic N) is 1. The number of phenols is 1. The highest BCUT2D eigenvalue weighted by Gasteiger charge is 2.22. The van der Waals surface area contributed by atoms with E-state index in [0.717, 1.165) is 5.56 Å². The van der Waals surface area contributed by atoms with Gasteiger partial charge in [-0.3, -0.25) is 4.79 Å². The van der Waals surface area contributed by atoms with E-state index >= 15 is 0 Å². The fraction of sp³-hybridized carbons (Fsp3) is 0.400. The number of amides is 2. The minimum Gasteiger partial charge on any atom is -0.508 e. The second kappa shape index (κ2) is 8.16. The molecular formula is C20H26N2O5. The molecule has 1 atom stereocenters. The smallest absolute Gasteiger partial charge is 0.408 e. The summed E-state index contributed by atoms with van der Waals surface area (Å²) in [6.07, 6.45) is -0.554. The summed E-state index contributed by atoms with van der Waals surface area (Å²) < 4.78 is 10.7. The van der Waals surface area contributed by atoms with E-state index in [1.54, 1.807) is 58.2 Å². The number of hydrogen-bond acceptors (Lipinski definition) is 5. The number of benzene rings is 1. The Morgan fingerprint density at radius 1 is 1.26 bits per heavy atom. The van der Waals surface area contributed by atoms with Crippen molar-refractivity contribution in [1.29, 1.82) is 0 Å². The second-order valence-electron chi connectivity index (χ2n) is 7.31. The Morgan fingerprint density at radius 2 is 1.96 bits per heavy atom. The van der Waals surface area contributed by atoms with Gasteiger partial charge in [0.1, 0.15) is 17.1 Å². The summed E-state index contributed by atoms with van der Waals surface area (Å²) in [6.45, 7) is 7.31. The lowest BCUT2D eigenvalue weighted by Gasteiger charge is -2.24. The first-order chi connectivity index (χ1) is 12.6. The molecule has 0 aliphatic carbocycles. The Bertz CT molecular complexity index is 807. The molecule has 0 spiro atoms. The van der Waals surface area contributed by atoms with Crippen molar-refractivity contribution in [3.8, 4) is 5.75 Å². The summed E-state index contributed by atoms with van der Waals surface area (Å²) in [4.78, 5) is 25.9. The van der Waals surface area contributed by atoms with Gasteiger partial charge in [-0.15, -0.1) is 0 Å². The van der Waals surface area contributed by atoms with E-state index in [0.29, 0.717) is 5.76 Å². The van der Waals surface area contributed by atoms with Crippen LogP contribution in [0.25, 0.3) is 0 Å². The first kappa shape index (κ1) is 20.4. The van der Waals surface area contributed by atoms with Crippen LogP contribution >= 0.6 is 0 Å². The SMILES string of the molecule is C[C@H](c1cccc(O)c1)N(C)C(=O)c1ccc(CNC(=O)OC(C)(C)C)o1. The topological polar surface area (TPSA) is 92.0 Å². The first-order valence-electron chi connectivity index (χ1n) is 8.68. The number of nitrogens with one attached hydrogen (secondary N) is 1. The summed E-state index contributed by atoms with van der Waals surface area (Å²) >= 11 is 0. The zero-order chi connectivity index (χ0) is 20.2. The molecule has 0 aliphatic rings. The van der Waals surface area contributed by atoms with E-state index < -0.39 is 11.7 Å². The van der Waals surface area contributed by atoms with Gasteiger partial charge < -0.3 is 24.5 Å². The second-order valence-corrected chi connectivity index (χ2v) is 7.31. The summed E-state index contributed by atoms with van der Waals surface area (Å²) in [5.74, 6) is 0.469. The minimum absolute atomic E-state index is 0.119. The number of furan rings is 1. The minimum atomic E-state index is -0.584. The van der Waals surface area contributed by atoms with Gasteiger partial charge in [0.2, 0.25) is 0 Å². The molecule has 0 aliphatic heterocycles. The van der Waals surface area contributed by atoms with Crippen LogP contribution < -0.4 is 5.32 Å². The van der Waals surface area contributed by atoms with E-state index in [4.69, 9.17) is 9.15 Å². The molecule has 2 N–H and O–H groups in total. The number of aromatic hydroxyl groups is 1. The molecule has 7 heteroatoms. The van der Waals surface area contributed by atoms with Crippen LogP contribution in [0.15, 0.2) is 40.8 Å². The molecule has 2 aromatic rings. The predicted octanol–water partition coefficient (Wildman–Crippen LogP) is 3.84. The van der Waals surface area contributed by atoms with Gasteiger partial charge in [0.05, 0.1) is 12.6 Å². The average Bonchev–Trinajstić information content (AvgIpc) is 3.05. The van der Waals surface area contributed by atoms with Gasteiger partial charge in [-0.25, -0.2) is 4.79 Å². The summed E-state index contributed by atoms with van der Waals surface area (Å²) in [5.41, 5.74) is 0.225. The quantitative estimate of drug-likeness (QED) is 0.829. The van der Waals surface area contributed by atoms with Crippen LogP contribution in [0.2, 0.25) is 0 Å². The number of carbonyl (C=O) groups is 2. The van der Waals surface area contributed by atoms with Crippen molar-refractivity contribution in [2.45, 2.75) is 45.9 Å². The molecule has 0 unspecified atom stereocenters. The van der Waals surface area contributed by atoms with Gasteiger partial charge >= 0.3 is 6.09 Å². The van der Waals surface area contributed by atoms with Crippen LogP contribution in [-0.4, -0.2) is 34.7 Å². The highest BCUT2D eigenvalue weighted by molar-refractivity contribution is 5.91. The third kappa shape index (κ3) is 5.77. The maximum atomic E-state index is 12.6. The Balaban J connectivity index is 1.98. The highest BCUT2D eigenvalue weighted by Crippen LogP contribution is 2.24. The molecule has 0 radical (unpaired) electrons. The number of alkyl carbamates (subject to hydrolysis) is 1. The molecule has 27 heavy (non-hydrogen) atoms. The third-order valence-corrected chi connectivity index (χ3v) is 3.93. The zero-order valence-corrected chi connectivity index (χ0v) is 16.3. The van der Waals surface area contributed by atoms with Crippen LogP contribution in [0.3, 0.4) is 0 Å². The number of ether oxygens (including phenoxy) is 1. The molecule has 146 valence electrons. The van der Waals surface area contributed by atoms with Crippen molar-refractivity contribution < 1.29 is 23.8 Å². The lowest BCUT2D eigenvalue weighted by Crippen LogP contribution is -2.32. The van der Waals surface area contributed by atoms with Crippen LogP contribution in [0.4, 0.5) is 4.79 Å². The van der Waals surface area contributed by atoms with Gasteiger partial charge in [-0.1, -0.05) is 12.1 Å². The van der Waals surface area contributed by atoms with Crippen molar-refractivity contribution in [3.63, 3.8) is 0 Å². The van der Waals surface area contributed by atoms with Gasteiger partial charge in [0.25, 0.3) is 5.91 Å². The van der Waals surface area contributed by atoms with Crippen molar-refractivity contribution in [3.05, 3.63) is 53.5 Å². The monoisotopic (exact) mass is 374 g/mol. The van der Waals surface area contributed by atoms with E-state index in [-0.39, 0.29) is 30.0 Å². The fourth-order valence-corrected chi connectivity index (χ4v) is 2.42.